The summed E-state index contributed by atoms with van der Waals surface area (Å²) >= 11 is 0. The van der Waals surface area contributed by atoms with Gasteiger partial charge in [-0.2, -0.15) is 26.3 Å². The third-order valence-electron chi connectivity index (χ3n) is 6.71. The van der Waals surface area contributed by atoms with Gasteiger partial charge >= 0.3 is 18.3 Å². The van der Waals surface area contributed by atoms with E-state index in [0.717, 1.165) is 18.2 Å². The maximum atomic E-state index is 13.3. The minimum absolute atomic E-state index is 0.0536. The zero-order chi connectivity index (χ0) is 28.5. The first-order valence-electron chi connectivity index (χ1n) is 11.5. The van der Waals surface area contributed by atoms with Crippen molar-refractivity contribution in [3.05, 3.63) is 48.0 Å². The van der Waals surface area contributed by atoms with Gasteiger partial charge in [-0.25, -0.2) is 18.2 Å². The van der Waals surface area contributed by atoms with Gasteiger partial charge in [0, 0.05) is 13.1 Å². The Kier molecular flexibility index (Phi) is 8.20. The summed E-state index contributed by atoms with van der Waals surface area (Å²) in [5, 5.41) is 0. The van der Waals surface area contributed by atoms with Crippen molar-refractivity contribution in [2.75, 3.05) is 13.1 Å². The van der Waals surface area contributed by atoms with Crippen LogP contribution < -0.4 is 4.98 Å². The first-order valence-corrected chi connectivity index (χ1v) is 12.9. The second-order valence-electron chi connectivity index (χ2n) is 9.45. The van der Waals surface area contributed by atoms with E-state index in [1.54, 1.807) is 0 Å². The van der Waals surface area contributed by atoms with E-state index in [0.29, 0.717) is 11.8 Å². The molecule has 2 aromatic rings. The van der Waals surface area contributed by atoms with E-state index in [4.69, 9.17) is 0 Å². The number of alkyl halides is 6. The Morgan fingerprint density at radius 3 is 2.29 bits per heavy atom. The summed E-state index contributed by atoms with van der Waals surface area (Å²) in [5.74, 6) is -3.98. The summed E-state index contributed by atoms with van der Waals surface area (Å²) in [5.41, 5.74) is -0.796. The fraction of sp³-hybridized carbons (Fsp3) is 0.522. The molecule has 38 heavy (non-hydrogen) atoms. The molecule has 8 nitrogen and oxygen atoms in total. The maximum Gasteiger partial charge on any atom is 0.490 e. The third kappa shape index (κ3) is 6.30. The Morgan fingerprint density at radius 1 is 1.13 bits per heavy atom. The number of ether oxygens (including phenoxy) is 1. The fourth-order valence-electron chi connectivity index (χ4n) is 4.37. The predicted octanol–water partition coefficient (Wildman–Crippen LogP) is 3.36. The van der Waals surface area contributed by atoms with Crippen LogP contribution in [0.5, 0.6) is 0 Å². The summed E-state index contributed by atoms with van der Waals surface area (Å²) in [4.78, 5) is 30.5. The number of esters is 1. The van der Waals surface area contributed by atoms with Crippen LogP contribution in [0, 0.1) is 5.92 Å². The van der Waals surface area contributed by atoms with Crippen LogP contribution in [0.15, 0.2) is 41.7 Å². The quantitative estimate of drug-likeness (QED) is 0.406. The van der Waals surface area contributed by atoms with Crippen molar-refractivity contribution in [1.29, 1.82) is 0 Å². The molecule has 1 aliphatic heterocycles. The van der Waals surface area contributed by atoms with E-state index < -0.39 is 61.3 Å². The smallest absolute Gasteiger partial charge is 0.445 e. The molecule has 2 N–H and O–H groups in total. The van der Waals surface area contributed by atoms with E-state index in [1.165, 1.54) is 31.3 Å². The third-order valence-corrected chi connectivity index (χ3v) is 9.31. The zero-order valence-corrected chi connectivity index (χ0v) is 21.1. The van der Waals surface area contributed by atoms with Gasteiger partial charge in [-0.15, -0.1) is 0 Å². The molecule has 1 aromatic heterocycles. The lowest BCUT2D eigenvalue weighted by Gasteiger charge is -2.40. The lowest BCUT2D eigenvalue weighted by Crippen LogP contribution is -2.51. The number of imidazole rings is 1. The summed E-state index contributed by atoms with van der Waals surface area (Å²) in [6.45, 7) is 2.67. The van der Waals surface area contributed by atoms with Crippen LogP contribution in [0.25, 0.3) is 0 Å². The number of hydrogen-bond acceptors (Lipinski definition) is 5. The summed E-state index contributed by atoms with van der Waals surface area (Å²) in [6.07, 6.45) is -9.23. The average Bonchev–Trinajstić information content (AvgIpc) is 3.35. The van der Waals surface area contributed by atoms with Crippen LogP contribution in [0.3, 0.4) is 0 Å². The number of aromatic amines is 2. The minimum Gasteiger partial charge on any atom is -0.445 e. The average molecular weight is 571 g/mol. The van der Waals surface area contributed by atoms with E-state index in [-0.39, 0.29) is 32.4 Å². The first kappa shape index (κ1) is 29.5. The molecule has 0 aliphatic carbocycles. The summed E-state index contributed by atoms with van der Waals surface area (Å²) in [6, 6.07) is 3.44. The number of H-pyrrole nitrogens is 2. The Morgan fingerprint density at radius 2 is 1.76 bits per heavy atom. The molecule has 0 unspecified atom stereocenters. The number of rotatable bonds is 7. The highest BCUT2D eigenvalue weighted by Crippen LogP contribution is 2.39. The number of halogens is 6. The highest BCUT2D eigenvalue weighted by Gasteiger charge is 2.47. The van der Waals surface area contributed by atoms with Gasteiger partial charge in [-0.1, -0.05) is 6.07 Å². The van der Waals surface area contributed by atoms with Gasteiger partial charge in [0.1, 0.15) is 11.9 Å². The van der Waals surface area contributed by atoms with Gasteiger partial charge < -0.3 is 9.64 Å². The van der Waals surface area contributed by atoms with Crippen molar-refractivity contribution in [2.24, 2.45) is 5.92 Å². The van der Waals surface area contributed by atoms with Crippen molar-refractivity contribution >= 4 is 21.7 Å². The predicted molar refractivity (Wildman–Crippen MR) is 119 cm³/mol. The summed E-state index contributed by atoms with van der Waals surface area (Å²) < 4.78 is 107. The lowest BCUT2D eigenvalue weighted by molar-refractivity contribution is -0.376. The van der Waals surface area contributed by atoms with E-state index in [9.17, 15) is 44.3 Å². The molecule has 1 aliphatic rings. The van der Waals surface area contributed by atoms with Crippen LogP contribution >= 0.6 is 0 Å². The number of piperidine rings is 1. The largest absolute Gasteiger partial charge is 0.490 e. The number of likely N-dealkylation sites (tertiary alicyclic amines) is 1. The van der Waals surface area contributed by atoms with Gasteiger partial charge in [0.2, 0.25) is 6.33 Å². The van der Waals surface area contributed by atoms with E-state index in [1.807, 2.05) is 0 Å². The lowest BCUT2D eigenvalue weighted by atomic mass is 9.85. The van der Waals surface area contributed by atoms with Crippen molar-refractivity contribution in [2.45, 2.75) is 61.2 Å². The number of aromatic nitrogens is 2. The summed E-state index contributed by atoms with van der Waals surface area (Å²) in [7, 11) is -4.25. The Bertz CT molecular complexity index is 1250. The molecule has 1 atom stereocenters. The van der Waals surface area contributed by atoms with Crippen molar-refractivity contribution in [3.8, 4) is 0 Å². The van der Waals surface area contributed by atoms with Crippen LogP contribution in [0.1, 0.15) is 37.9 Å². The standard InChI is InChI=1S/C23H25F6N3O5S/c1-21(2,38(35,36)17-5-3-4-15(10-17)22(24,25)26)14-6-8-32(9-7-14)19(33)18(11-16-12-30-13-31-16)37-20(34)23(27,28)29/h3-5,10,12-14,18H,6-9,11H2,1-2H3,(H,30,31)/p+1/t18-/m0/s1. The molecule has 0 radical (unpaired) electrons. The van der Waals surface area contributed by atoms with Crippen LogP contribution in [-0.2, 0) is 36.8 Å². The van der Waals surface area contributed by atoms with Crippen LogP contribution in [-0.4, -0.2) is 60.3 Å². The van der Waals surface area contributed by atoms with Gasteiger partial charge in [0.25, 0.3) is 5.91 Å². The van der Waals surface area contributed by atoms with Gasteiger partial charge in [0.05, 0.1) is 21.6 Å². The molecule has 1 saturated heterocycles. The molecule has 1 amide bonds. The Balaban J connectivity index is 1.75. The molecule has 3 rings (SSSR count). The second-order valence-corrected chi connectivity index (χ2v) is 12.0. The number of hydrogen-bond donors (Lipinski definition) is 1. The SMILES string of the molecule is CC(C)(C1CCN(C(=O)[C@H](Cc2c[nH+]c[nH]2)OC(=O)C(F)(F)F)CC1)S(=O)(=O)c1cccc(C(F)(F)F)c1. The van der Waals surface area contributed by atoms with Gasteiger partial charge in [-0.05, 0) is 50.8 Å². The number of nitrogens with one attached hydrogen (secondary N) is 2. The normalized spacial score (nSPS) is 16.8. The zero-order valence-electron chi connectivity index (χ0n) is 20.3. The number of carbonyl (C=O) groups excluding carboxylic acids is 2. The Hall–Kier alpha value is -3.10. The van der Waals surface area contributed by atoms with E-state index >= 15 is 0 Å². The van der Waals surface area contributed by atoms with Crippen molar-refractivity contribution in [3.63, 3.8) is 0 Å². The minimum atomic E-state index is -5.31. The maximum absolute atomic E-state index is 13.3. The highest BCUT2D eigenvalue weighted by molar-refractivity contribution is 7.92. The number of carbonyl (C=O) groups is 2. The topological polar surface area (TPSA) is 111 Å². The Labute approximate surface area is 214 Å². The highest BCUT2D eigenvalue weighted by atomic mass is 32.2. The monoisotopic (exact) mass is 570 g/mol. The van der Waals surface area contributed by atoms with Gasteiger partial charge in [0.15, 0.2) is 15.9 Å². The molecule has 2 heterocycles. The molecule has 1 fully saturated rings. The second kappa shape index (κ2) is 10.6. The number of benzene rings is 1. The molecule has 15 heteroatoms. The molecule has 210 valence electrons. The van der Waals surface area contributed by atoms with Crippen LogP contribution in [0.2, 0.25) is 0 Å². The van der Waals surface area contributed by atoms with Gasteiger partial charge in [-0.3, -0.25) is 9.78 Å². The van der Waals surface area contributed by atoms with Crippen molar-refractivity contribution < 1.29 is 54.1 Å². The molecule has 0 spiro atoms. The van der Waals surface area contributed by atoms with Crippen molar-refractivity contribution in [1.82, 2.24) is 9.88 Å². The number of nitrogens with zero attached hydrogens (tertiary/aromatic N) is 1. The first-order chi connectivity index (χ1) is 17.4. The number of sulfone groups is 1. The molecular formula is C23H26F6N3O5S+. The van der Waals surface area contributed by atoms with Crippen LogP contribution in [0.4, 0.5) is 26.3 Å². The number of amides is 1. The molecule has 0 saturated carbocycles. The molecule has 1 aromatic carbocycles. The fourth-order valence-corrected chi connectivity index (χ4v) is 6.19. The van der Waals surface area contributed by atoms with E-state index in [2.05, 4.69) is 14.7 Å². The molecular weight excluding hydrogens is 544 g/mol. The molecule has 0 bridgehead atoms.